The molecule has 0 atom stereocenters. The van der Waals surface area contributed by atoms with Gasteiger partial charge in [-0.1, -0.05) is 6.07 Å². The van der Waals surface area contributed by atoms with E-state index in [-0.39, 0.29) is 23.7 Å². The van der Waals surface area contributed by atoms with Gasteiger partial charge in [-0.2, -0.15) is 0 Å². The molecule has 34 heavy (non-hydrogen) atoms. The van der Waals surface area contributed by atoms with E-state index in [0.717, 1.165) is 47.6 Å². The molecule has 3 aliphatic rings. The normalized spacial score (nSPS) is 18.9. The summed E-state index contributed by atoms with van der Waals surface area (Å²) in [6.45, 7) is 3.41. The lowest BCUT2D eigenvalue weighted by molar-refractivity contribution is -0.135. The van der Waals surface area contributed by atoms with Gasteiger partial charge >= 0.3 is 0 Å². The van der Waals surface area contributed by atoms with Gasteiger partial charge < -0.3 is 25.4 Å². The van der Waals surface area contributed by atoms with Crippen LogP contribution in [-0.2, 0) is 11.2 Å². The van der Waals surface area contributed by atoms with E-state index >= 15 is 0 Å². The lowest BCUT2D eigenvalue weighted by Gasteiger charge is -2.32. The van der Waals surface area contributed by atoms with Gasteiger partial charge in [0, 0.05) is 61.4 Å². The number of ether oxygens (including phenoxy) is 1. The molecule has 4 heterocycles. The number of amides is 2. The summed E-state index contributed by atoms with van der Waals surface area (Å²) in [4.78, 5) is 35.6. The summed E-state index contributed by atoms with van der Waals surface area (Å²) >= 11 is 1.43. The number of nitrogens with one attached hydrogen (secondary N) is 2. The van der Waals surface area contributed by atoms with Crippen LogP contribution in [0.4, 0.5) is 0 Å². The molecule has 0 bridgehead atoms. The molecular formula is C25H29N5O3S. The first-order valence-corrected chi connectivity index (χ1v) is 12.8. The molecule has 8 nitrogen and oxygen atoms in total. The Kier molecular flexibility index (Phi) is 6.45. The Bertz CT molecular complexity index is 1110. The number of piperidine rings is 1. The summed E-state index contributed by atoms with van der Waals surface area (Å²) < 4.78 is 5.95. The van der Waals surface area contributed by atoms with Gasteiger partial charge in [0.05, 0.1) is 18.2 Å². The van der Waals surface area contributed by atoms with E-state index in [1.165, 1.54) is 23.8 Å². The fourth-order valence-electron chi connectivity index (χ4n) is 5.04. The monoisotopic (exact) mass is 479 g/mol. The van der Waals surface area contributed by atoms with Crippen molar-refractivity contribution in [2.24, 2.45) is 5.92 Å². The van der Waals surface area contributed by atoms with Crippen LogP contribution in [-0.4, -0.2) is 71.8 Å². The van der Waals surface area contributed by atoms with Crippen LogP contribution in [0.15, 0.2) is 18.2 Å². The minimum atomic E-state index is -0.385. The Morgan fingerprint density at radius 3 is 2.53 bits per heavy atom. The number of benzene rings is 1. The summed E-state index contributed by atoms with van der Waals surface area (Å²) in [7, 11) is 0. The minimum Gasteiger partial charge on any atom is -0.492 e. The summed E-state index contributed by atoms with van der Waals surface area (Å²) in [6, 6.07) is 5.67. The Labute approximate surface area is 202 Å². The van der Waals surface area contributed by atoms with E-state index in [0.29, 0.717) is 49.7 Å². The molecule has 0 saturated carbocycles. The third kappa shape index (κ3) is 4.24. The molecule has 1 aromatic heterocycles. The number of fused-ring (bicyclic) bond motifs is 3. The second kappa shape index (κ2) is 9.66. The molecule has 1 aromatic carbocycles. The van der Waals surface area contributed by atoms with Crippen molar-refractivity contribution in [3.05, 3.63) is 33.6 Å². The smallest absolute Gasteiger partial charge is 0.282 e. The first kappa shape index (κ1) is 22.7. The highest BCUT2D eigenvalue weighted by atomic mass is 32.1. The second-order valence-electron chi connectivity index (χ2n) is 9.10. The van der Waals surface area contributed by atoms with Crippen molar-refractivity contribution in [1.82, 2.24) is 14.8 Å². The molecule has 5 rings (SSSR count). The van der Waals surface area contributed by atoms with Crippen LogP contribution >= 0.6 is 11.3 Å². The lowest BCUT2D eigenvalue weighted by atomic mass is 9.95. The standard InChI is InChI=1S/C25H29N5O3S/c26-14-18(15-27)17-3-4-19-20(13-17)33-12-7-21-22(19)28-23(34-21)25(32)30-10-5-16(6-11-30)24(31)29-8-1-2-9-29/h3-4,13-16,18,26-27H,1-2,5-12H2. The molecule has 0 aliphatic carbocycles. The molecule has 3 aliphatic heterocycles. The van der Waals surface area contributed by atoms with Gasteiger partial charge in [0.2, 0.25) is 5.91 Å². The molecular weight excluding hydrogens is 450 g/mol. The number of carbonyl (C=O) groups excluding carboxylic acids is 2. The number of aromatic nitrogens is 1. The Morgan fingerprint density at radius 2 is 1.82 bits per heavy atom. The Hall–Kier alpha value is -3.07. The van der Waals surface area contributed by atoms with Crippen LogP contribution in [0.25, 0.3) is 11.3 Å². The van der Waals surface area contributed by atoms with Crippen molar-refractivity contribution >= 4 is 35.6 Å². The van der Waals surface area contributed by atoms with Crippen molar-refractivity contribution in [3.63, 3.8) is 0 Å². The zero-order valence-electron chi connectivity index (χ0n) is 19.1. The molecule has 0 spiro atoms. The summed E-state index contributed by atoms with van der Waals surface area (Å²) in [5.74, 6) is 0.519. The van der Waals surface area contributed by atoms with Gasteiger partial charge in [-0.25, -0.2) is 4.98 Å². The maximum absolute atomic E-state index is 13.3. The maximum Gasteiger partial charge on any atom is 0.282 e. The average molecular weight is 480 g/mol. The van der Waals surface area contributed by atoms with Crippen molar-refractivity contribution in [2.75, 3.05) is 32.8 Å². The van der Waals surface area contributed by atoms with Gasteiger partial charge in [0.25, 0.3) is 5.91 Å². The summed E-state index contributed by atoms with van der Waals surface area (Å²) in [5.41, 5.74) is 2.45. The van der Waals surface area contributed by atoms with Crippen molar-refractivity contribution in [2.45, 2.75) is 38.0 Å². The van der Waals surface area contributed by atoms with E-state index in [4.69, 9.17) is 20.5 Å². The van der Waals surface area contributed by atoms with Crippen LogP contribution in [0.5, 0.6) is 5.75 Å². The summed E-state index contributed by atoms with van der Waals surface area (Å²) in [5, 5.41) is 15.6. The highest BCUT2D eigenvalue weighted by molar-refractivity contribution is 7.14. The molecule has 2 N–H and O–H groups in total. The van der Waals surface area contributed by atoms with Crippen LogP contribution in [0, 0.1) is 16.7 Å². The first-order valence-electron chi connectivity index (χ1n) is 11.9. The maximum atomic E-state index is 13.3. The van der Waals surface area contributed by atoms with Gasteiger partial charge in [-0.15, -0.1) is 11.3 Å². The van der Waals surface area contributed by atoms with E-state index in [1.54, 1.807) is 0 Å². The first-order chi connectivity index (χ1) is 16.6. The highest BCUT2D eigenvalue weighted by Gasteiger charge is 2.33. The van der Waals surface area contributed by atoms with Crippen molar-refractivity contribution < 1.29 is 14.3 Å². The third-order valence-electron chi connectivity index (χ3n) is 7.02. The Balaban J connectivity index is 1.31. The lowest BCUT2D eigenvalue weighted by Crippen LogP contribution is -2.43. The van der Waals surface area contributed by atoms with Crippen molar-refractivity contribution in [3.8, 4) is 17.0 Å². The zero-order valence-corrected chi connectivity index (χ0v) is 19.9. The van der Waals surface area contributed by atoms with Gasteiger partial charge in [0.15, 0.2) is 5.01 Å². The van der Waals surface area contributed by atoms with E-state index in [2.05, 4.69) is 0 Å². The molecule has 2 fully saturated rings. The molecule has 0 radical (unpaired) electrons. The molecule has 2 aromatic rings. The quantitative estimate of drug-likeness (QED) is 0.638. The summed E-state index contributed by atoms with van der Waals surface area (Å²) in [6.07, 6.45) is 6.77. The Morgan fingerprint density at radius 1 is 1.09 bits per heavy atom. The number of likely N-dealkylation sites (tertiary alicyclic amines) is 2. The number of carbonyl (C=O) groups is 2. The predicted octanol–water partition coefficient (Wildman–Crippen LogP) is 3.60. The topological polar surface area (TPSA) is 110 Å². The average Bonchev–Trinajstić information content (AvgIpc) is 3.52. The van der Waals surface area contributed by atoms with Gasteiger partial charge in [0.1, 0.15) is 5.75 Å². The van der Waals surface area contributed by atoms with Crippen LogP contribution < -0.4 is 4.74 Å². The zero-order chi connectivity index (χ0) is 23.7. The fourth-order valence-corrected chi connectivity index (χ4v) is 6.06. The number of nitrogens with zero attached hydrogens (tertiary/aromatic N) is 3. The van der Waals surface area contributed by atoms with E-state index in [9.17, 15) is 9.59 Å². The van der Waals surface area contributed by atoms with E-state index in [1.807, 2.05) is 28.0 Å². The second-order valence-corrected chi connectivity index (χ2v) is 10.2. The molecule has 2 amide bonds. The fraction of sp³-hybridized carbons (Fsp3) is 0.480. The predicted molar refractivity (Wildman–Crippen MR) is 131 cm³/mol. The van der Waals surface area contributed by atoms with Crippen molar-refractivity contribution in [1.29, 1.82) is 10.8 Å². The SMILES string of the molecule is N=CC(C=N)c1ccc2c(c1)OCCc1sc(C(=O)N3CCC(C(=O)N4CCCC4)CC3)nc1-2. The minimum absolute atomic E-state index is 0.0270. The largest absolute Gasteiger partial charge is 0.492 e. The van der Waals surface area contributed by atoms with Gasteiger partial charge in [-0.3, -0.25) is 9.59 Å². The van der Waals surface area contributed by atoms with Gasteiger partial charge in [-0.05, 0) is 43.4 Å². The highest BCUT2D eigenvalue weighted by Crippen LogP contribution is 2.39. The number of thiazole rings is 1. The number of rotatable bonds is 5. The molecule has 2 saturated heterocycles. The van der Waals surface area contributed by atoms with Crippen LogP contribution in [0.3, 0.4) is 0 Å². The van der Waals surface area contributed by atoms with E-state index < -0.39 is 0 Å². The molecule has 0 unspecified atom stereocenters. The van der Waals surface area contributed by atoms with Crippen LogP contribution in [0.1, 0.15) is 51.8 Å². The molecule has 178 valence electrons. The molecule has 9 heteroatoms. The number of hydrogen-bond acceptors (Lipinski definition) is 7. The van der Waals surface area contributed by atoms with Crippen LogP contribution in [0.2, 0.25) is 0 Å². The number of hydrogen-bond donors (Lipinski definition) is 2. The third-order valence-corrected chi connectivity index (χ3v) is 8.12.